The normalized spacial score (nSPS) is 10.8. The van der Waals surface area contributed by atoms with Crippen molar-refractivity contribution in [3.63, 3.8) is 0 Å². The van der Waals surface area contributed by atoms with Gasteiger partial charge >= 0.3 is 5.97 Å². The standard InChI is InChI=1S/C17H15NO2/c1-12-4-2-5-13(10-12)11-18-9-8-14-15(17(19)20)6-3-7-16(14)18/h2-10H,11H2,1H3,(H,19,20). The first kappa shape index (κ1) is 12.5. The van der Waals surface area contributed by atoms with Gasteiger partial charge in [-0.15, -0.1) is 0 Å². The highest BCUT2D eigenvalue weighted by atomic mass is 16.4. The molecule has 2 aromatic carbocycles. The molecule has 1 heterocycles. The highest BCUT2D eigenvalue weighted by Gasteiger charge is 2.10. The minimum Gasteiger partial charge on any atom is -0.478 e. The van der Waals surface area contributed by atoms with Gasteiger partial charge in [-0.3, -0.25) is 0 Å². The van der Waals surface area contributed by atoms with Gasteiger partial charge in [-0.05, 0) is 30.7 Å². The molecular weight excluding hydrogens is 250 g/mol. The van der Waals surface area contributed by atoms with E-state index < -0.39 is 5.97 Å². The van der Waals surface area contributed by atoms with Crippen LogP contribution in [0.5, 0.6) is 0 Å². The minimum absolute atomic E-state index is 0.352. The quantitative estimate of drug-likeness (QED) is 0.784. The summed E-state index contributed by atoms with van der Waals surface area (Å²) < 4.78 is 2.08. The van der Waals surface area contributed by atoms with Crippen molar-refractivity contribution in [2.24, 2.45) is 0 Å². The minimum atomic E-state index is -0.885. The van der Waals surface area contributed by atoms with Crippen molar-refractivity contribution in [2.45, 2.75) is 13.5 Å². The Kier molecular flexibility index (Phi) is 3.03. The molecule has 0 aliphatic heterocycles. The van der Waals surface area contributed by atoms with Crippen LogP contribution in [0.3, 0.4) is 0 Å². The van der Waals surface area contributed by atoms with Crippen molar-refractivity contribution < 1.29 is 9.90 Å². The summed E-state index contributed by atoms with van der Waals surface area (Å²) in [5.41, 5.74) is 3.74. The average Bonchev–Trinajstić information content (AvgIpc) is 2.82. The third-order valence-corrected chi connectivity index (χ3v) is 3.48. The molecule has 0 radical (unpaired) electrons. The zero-order chi connectivity index (χ0) is 14.1. The molecule has 0 bridgehead atoms. The molecule has 0 saturated carbocycles. The Bertz CT molecular complexity index is 787. The average molecular weight is 265 g/mol. The monoisotopic (exact) mass is 265 g/mol. The molecule has 0 unspecified atom stereocenters. The van der Waals surface area contributed by atoms with Gasteiger partial charge in [0.1, 0.15) is 0 Å². The molecule has 0 amide bonds. The molecule has 100 valence electrons. The number of aromatic carboxylic acids is 1. The van der Waals surface area contributed by atoms with Gasteiger partial charge < -0.3 is 9.67 Å². The largest absolute Gasteiger partial charge is 0.478 e. The Morgan fingerprint density at radius 1 is 1.15 bits per heavy atom. The van der Waals surface area contributed by atoms with Crippen LogP contribution in [0.2, 0.25) is 0 Å². The zero-order valence-corrected chi connectivity index (χ0v) is 11.2. The third-order valence-electron chi connectivity index (χ3n) is 3.48. The van der Waals surface area contributed by atoms with E-state index in [4.69, 9.17) is 0 Å². The number of hydrogen-bond acceptors (Lipinski definition) is 1. The highest BCUT2D eigenvalue weighted by Crippen LogP contribution is 2.21. The maximum atomic E-state index is 11.2. The topological polar surface area (TPSA) is 42.2 Å². The third kappa shape index (κ3) is 2.18. The molecule has 20 heavy (non-hydrogen) atoms. The first-order chi connectivity index (χ1) is 9.65. The molecule has 0 spiro atoms. The molecule has 1 aromatic heterocycles. The van der Waals surface area contributed by atoms with Gasteiger partial charge in [0, 0.05) is 23.6 Å². The maximum absolute atomic E-state index is 11.2. The van der Waals surface area contributed by atoms with Crippen LogP contribution in [-0.2, 0) is 6.54 Å². The summed E-state index contributed by atoms with van der Waals surface area (Å²) >= 11 is 0. The Hall–Kier alpha value is -2.55. The van der Waals surface area contributed by atoms with Crippen LogP contribution in [0, 0.1) is 6.92 Å². The van der Waals surface area contributed by atoms with E-state index in [1.165, 1.54) is 11.1 Å². The highest BCUT2D eigenvalue weighted by molar-refractivity contribution is 6.02. The predicted octanol–water partition coefficient (Wildman–Crippen LogP) is 3.70. The van der Waals surface area contributed by atoms with Crippen molar-refractivity contribution in [1.29, 1.82) is 0 Å². The number of aryl methyl sites for hydroxylation is 1. The molecule has 0 aliphatic rings. The van der Waals surface area contributed by atoms with Crippen LogP contribution in [-0.4, -0.2) is 15.6 Å². The molecule has 0 aliphatic carbocycles. The summed E-state index contributed by atoms with van der Waals surface area (Å²) in [6.45, 7) is 2.81. The first-order valence-corrected chi connectivity index (χ1v) is 6.52. The van der Waals surface area contributed by atoms with Crippen molar-refractivity contribution in [1.82, 2.24) is 4.57 Å². The van der Waals surface area contributed by atoms with E-state index >= 15 is 0 Å². The molecule has 1 N–H and O–H groups in total. The molecular formula is C17H15NO2. The van der Waals surface area contributed by atoms with Crippen LogP contribution in [0.1, 0.15) is 21.5 Å². The van der Waals surface area contributed by atoms with Crippen LogP contribution < -0.4 is 0 Å². The van der Waals surface area contributed by atoms with Crippen molar-refractivity contribution in [3.8, 4) is 0 Å². The van der Waals surface area contributed by atoms with Gasteiger partial charge in [-0.2, -0.15) is 0 Å². The first-order valence-electron chi connectivity index (χ1n) is 6.52. The summed E-state index contributed by atoms with van der Waals surface area (Å²) in [4.78, 5) is 11.2. The zero-order valence-electron chi connectivity index (χ0n) is 11.2. The Morgan fingerprint density at radius 2 is 1.95 bits per heavy atom. The van der Waals surface area contributed by atoms with Crippen LogP contribution in [0.15, 0.2) is 54.7 Å². The molecule has 0 atom stereocenters. The lowest BCUT2D eigenvalue weighted by Gasteiger charge is -2.07. The maximum Gasteiger partial charge on any atom is 0.336 e. The number of fused-ring (bicyclic) bond motifs is 1. The van der Waals surface area contributed by atoms with Crippen LogP contribution in [0.25, 0.3) is 10.9 Å². The molecule has 3 nitrogen and oxygen atoms in total. The lowest BCUT2D eigenvalue weighted by Crippen LogP contribution is -2.00. The van der Waals surface area contributed by atoms with Gasteiger partial charge in [-0.1, -0.05) is 35.9 Å². The smallest absolute Gasteiger partial charge is 0.336 e. The fourth-order valence-electron chi connectivity index (χ4n) is 2.56. The van der Waals surface area contributed by atoms with E-state index in [0.29, 0.717) is 5.56 Å². The van der Waals surface area contributed by atoms with E-state index in [2.05, 4.69) is 29.7 Å². The van der Waals surface area contributed by atoms with Gasteiger partial charge in [-0.25, -0.2) is 4.79 Å². The molecule has 3 aromatic rings. The van der Waals surface area contributed by atoms with Crippen molar-refractivity contribution >= 4 is 16.9 Å². The number of aromatic nitrogens is 1. The SMILES string of the molecule is Cc1cccc(Cn2ccc3c(C(=O)O)cccc32)c1. The number of benzene rings is 2. The number of carbonyl (C=O) groups is 1. The number of nitrogens with zero attached hydrogens (tertiary/aromatic N) is 1. The lowest BCUT2D eigenvalue weighted by molar-refractivity contribution is 0.0699. The molecule has 3 rings (SSSR count). The van der Waals surface area contributed by atoms with E-state index in [9.17, 15) is 9.90 Å². The van der Waals surface area contributed by atoms with Gasteiger partial charge in [0.15, 0.2) is 0 Å². The van der Waals surface area contributed by atoms with Crippen LogP contribution >= 0.6 is 0 Å². The Morgan fingerprint density at radius 3 is 2.70 bits per heavy atom. The lowest BCUT2D eigenvalue weighted by atomic mass is 10.1. The second kappa shape index (κ2) is 4.85. The summed E-state index contributed by atoms with van der Waals surface area (Å²) in [5, 5.41) is 9.99. The predicted molar refractivity (Wildman–Crippen MR) is 79.2 cm³/mol. The number of rotatable bonds is 3. The summed E-state index contributed by atoms with van der Waals surface area (Å²) in [6.07, 6.45) is 1.94. The van der Waals surface area contributed by atoms with E-state index in [0.717, 1.165) is 17.4 Å². The van der Waals surface area contributed by atoms with E-state index in [1.54, 1.807) is 12.1 Å². The van der Waals surface area contributed by atoms with Crippen molar-refractivity contribution in [3.05, 3.63) is 71.4 Å². The molecule has 0 fully saturated rings. The van der Waals surface area contributed by atoms with Gasteiger partial charge in [0.25, 0.3) is 0 Å². The molecule has 0 saturated heterocycles. The van der Waals surface area contributed by atoms with Gasteiger partial charge in [0.05, 0.1) is 5.56 Å². The Balaban J connectivity index is 2.05. The fraction of sp³-hybridized carbons (Fsp3) is 0.118. The summed E-state index contributed by atoms with van der Waals surface area (Å²) in [7, 11) is 0. The van der Waals surface area contributed by atoms with Crippen molar-refractivity contribution in [2.75, 3.05) is 0 Å². The number of hydrogen-bond donors (Lipinski definition) is 1. The number of carboxylic acid groups (broad SMARTS) is 1. The molecule has 3 heteroatoms. The Labute approximate surface area is 117 Å². The fourth-order valence-corrected chi connectivity index (χ4v) is 2.56. The van der Waals surface area contributed by atoms with Gasteiger partial charge in [0.2, 0.25) is 0 Å². The van der Waals surface area contributed by atoms with E-state index in [1.807, 2.05) is 24.4 Å². The number of carboxylic acids is 1. The second-order valence-electron chi connectivity index (χ2n) is 4.98. The summed E-state index contributed by atoms with van der Waals surface area (Å²) in [6, 6.07) is 15.6. The van der Waals surface area contributed by atoms with E-state index in [-0.39, 0.29) is 0 Å². The summed E-state index contributed by atoms with van der Waals surface area (Å²) in [5.74, 6) is -0.885. The second-order valence-corrected chi connectivity index (χ2v) is 4.98. The van der Waals surface area contributed by atoms with Crippen LogP contribution in [0.4, 0.5) is 0 Å².